The summed E-state index contributed by atoms with van der Waals surface area (Å²) >= 11 is 1.66. The molecule has 6 nitrogen and oxygen atoms in total. The second kappa shape index (κ2) is 8.84. The molecular weight excluding hydrogens is 370 g/mol. The molecule has 1 N–H and O–H groups in total. The molecule has 0 radical (unpaired) electrons. The normalized spacial score (nSPS) is 16.1. The fourth-order valence-electron chi connectivity index (χ4n) is 3.14. The second-order valence-corrected chi connectivity index (χ2v) is 7.61. The first kappa shape index (κ1) is 18.4. The van der Waals surface area contributed by atoms with E-state index in [1.807, 2.05) is 35.2 Å². The van der Waals surface area contributed by atoms with E-state index in [4.69, 9.17) is 0 Å². The van der Waals surface area contributed by atoms with Crippen LogP contribution in [-0.2, 0) is 5.75 Å². The zero-order chi connectivity index (χ0) is 19.2. The number of nitrogens with zero attached hydrogens (tertiary/aromatic N) is 4. The summed E-state index contributed by atoms with van der Waals surface area (Å²) in [6.45, 7) is 1.35. The van der Waals surface area contributed by atoms with Gasteiger partial charge in [0.2, 0.25) is 0 Å². The Labute approximate surface area is 168 Å². The van der Waals surface area contributed by atoms with Crippen LogP contribution in [0.2, 0.25) is 0 Å². The van der Waals surface area contributed by atoms with Gasteiger partial charge >= 0.3 is 0 Å². The van der Waals surface area contributed by atoms with Gasteiger partial charge in [-0.15, -0.1) is 11.8 Å². The molecular formula is C21H21N5OS. The van der Waals surface area contributed by atoms with Crippen LogP contribution < -0.4 is 5.32 Å². The fraction of sp³-hybridized carbons (Fsp3) is 0.238. The molecule has 4 rings (SSSR count). The van der Waals surface area contributed by atoms with Crippen LogP contribution in [0.4, 0.5) is 5.82 Å². The molecule has 3 aromatic rings. The number of thioether (sulfide) groups is 1. The van der Waals surface area contributed by atoms with E-state index in [9.17, 15) is 4.79 Å². The molecule has 0 aliphatic carbocycles. The van der Waals surface area contributed by atoms with Gasteiger partial charge in [0.25, 0.3) is 5.91 Å². The number of carbonyl (C=O) groups excluding carboxylic acids is 1. The molecule has 2 aromatic heterocycles. The summed E-state index contributed by atoms with van der Waals surface area (Å²) in [7, 11) is 0. The van der Waals surface area contributed by atoms with Crippen LogP contribution in [0.1, 0.15) is 22.5 Å². The number of pyridine rings is 1. The monoisotopic (exact) mass is 391 g/mol. The van der Waals surface area contributed by atoms with Crippen LogP contribution in [0, 0.1) is 0 Å². The predicted octanol–water partition coefficient (Wildman–Crippen LogP) is 3.49. The molecule has 1 aliphatic rings. The van der Waals surface area contributed by atoms with E-state index < -0.39 is 0 Å². The van der Waals surface area contributed by atoms with Crippen molar-refractivity contribution in [2.24, 2.45) is 0 Å². The van der Waals surface area contributed by atoms with Gasteiger partial charge in [0, 0.05) is 31.1 Å². The summed E-state index contributed by atoms with van der Waals surface area (Å²) < 4.78 is 0. The SMILES string of the molecule is O=C(c1ccccn1)N1CCC(Nc2cncc(SCc3ccccc3)n2)C1. The van der Waals surface area contributed by atoms with E-state index in [0.29, 0.717) is 18.8 Å². The lowest BCUT2D eigenvalue weighted by Gasteiger charge is -2.17. The van der Waals surface area contributed by atoms with Crippen molar-refractivity contribution in [2.75, 3.05) is 18.4 Å². The van der Waals surface area contributed by atoms with Crippen molar-refractivity contribution < 1.29 is 4.79 Å². The molecule has 1 aromatic carbocycles. The molecule has 0 bridgehead atoms. The zero-order valence-corrected chi connectivity index (χ0v) is 16.2. The van der Waals surface area contributed by atoms with Crippen LogP contribution in [-0.4, -0.2) is 44.9 Å². The zero-order valence-electron chi connectivity index (χ0n) is 15.4. The van der Waals surface area contributed by atoms with Gasteiger partial charge in [-0.25, -0.2) is 4.98 Å². The predicted molar refractivity (Wildman–Crippen MR) is 110 cm³/mol. The molecule has 142 valence electrons. The molecule has 1 amide bonds. The largest absolute Gasteiger partial charge is 0.364 e. The van der Waals surface area contributed by atoms with Gasteiger partial charge in [-0.3, -0.25) is 14.8 Å². The highest BCUT2D eigenvalue weighted by atomic mass is 32.2. The Morgan fingerprint density at radius 2 is 2.00 bits per heavy atom. The van der Waals surface area contributed by atoms with E-state index in [2.05, 4.69) is 32.4 Å². The average molecular weight is 392 g/mol. The number of rotatable bonds is 6. The lowest BCUT2D eigenvalue weighted by Crippen LogP contribution is -2.32. The summed E-state index contributed by atoms with van der Waals surface area (Å²) in [5, 5.41) is 4.30. The molecule has 0 saturated carbocycles. The first-order valence-corrected chi connectivity index (χ1v) is 10.2. The standard InChI is InChI=1S/C21H21N5OS/c27-21(18-8-4-5-10-23-18)26-11-9-17(14-26)24-19-12-22-13-20(25-19)28-15-16-6-2-1-3-7-16/h1-8,10,12-13,17H,9,11,14-15H2,(H,24,25). The molecule has 1 unspecified atom stereocenters. The Kier molecular flexibility index (Phi) is 5.82. The Bertz CT molecular complexity index is 922. The summed E-state index contributed by atoms with van der Waals surface area (Å²) in [6.07, 6.45) is 6.04. The van der Waals surface area contributed by atoms with Gasteiger partial charge in [-0.2, -0.15) is 0 Å². The number of amides is 1. The van der Waals surface area contributed by atoms with Crippen LogP contribution >= 0.6 is 11.8 Å². The molecule has 7 heteroatoms. The topological polar surface area (TPSA) is 71.0 Å². The minimum absolute atomic E-state index is 0.0249. The van der Waals surface area contributed by atoms with Crippen molar-refractivity contribution in [3.8, 4) is 0 Å². The summed E-state index contributed by atoms with van der Waals surface area (Å²) in [5.74, 6) is 1.58. The maximum atomic E-state index is 12.5. The number of likely N-dealkylation sites (tertiary alicyclic amines) is 1. The van der Waals surface area contributed by atoms with Crippen molar-refractivity contribution >= 4 is 23.5 Å². The third-order valence-electron chi connectivity index (χ3n) is 4.55. The summed E-state index contributed by atoms with van der Waals surface area (Å²) in [6, 6.07) is 15.9. The summed E-state index contributed by atoms with van der Waals surface area (Å²) in [5.41, 5.74) is 1.74. The number of hydrogen-bond acceptors (Lipinski definition) is 6. The lowest BCUT2D eigenvalue weighted by atomic mass is 10.2. The van der Waals surface area contributed by atoms with Crippen molar-refractivity contribution in [1.82, 2.24) is 19.9 Å². The third kappa shape index (κ3) is 4.67. The van der Waals surface area contributed by atoms with Gasteiger partial charge in [-0.1, -0.05) is 36.4 Å². The Morgan fingerprint density at radius 3 is 2.82 bits per heavy atom. The highest BCUT2D eigenvalue weighted by molar-refractivity contribution is 7.98. The molecule has 1 saturated heterocycles. The van der Waals surface area contributed by atoms with Gasteiger partial charge in [0.05, 0.1) is 12.4 Å². The average Bonchev–Trinajstić information content (AvgIpc) is 3.22. The lowest BCUT2D eigenvalue weighted by molar-refractivity contribution is 0.0786. The second-order valence-electron chi connectivity index (χ2n) is 6.61. The van der Waals surface area contributed by atoms with E-state index in [-0.39, 0.29) is 11.9 Å². The third-order valence-corrected chi connectivity index (χ3v) is 5.52. The van der Waals surface area contributed by atoms with Gasteiger partial charge in [0.1, 0.15) is 16.5 Å². The molecule has 0 spiro atoms. The molecule has 28 heavy (non-hydrogen) atoms. The van der Waals surface area contributed by atoms with E-state index in [0.717, 1.165) is 23.0 Å². The van der Waals surface area contributed by atoms with Crippen molar-refractivity contribution in [1.29, 1.82) is 0 Å². The highest BCUT2D eigenvalue weighted by Gasteiger charge is 2.27. The van der Waals surface area contributed by atoms with Crippen molar-refractivity contribution in [2.45, 2.75) is 23.2 Å². The fourth-order valence-corrected chi connectivity index (χ4v) is 3.95. The van der Waals surface area contributed by atoms with Gasteiger partial charge in [-0.05, 0) is 24.1 Å². The van der Waals surface area contributed by atoms with Crippen molar-refractivity contribution in [3.05, 3.63) is 78.4 Å². The molecule has 3 heterocycles. The number of benzene rings is 1. The van der Waals surface area contributed by atoms with Crippen molar-refractivity contribution in [3.63, 3.8) is 0 Å². The van der Waals surface area contributed by atoms with E-state index in [1.54, 1.807) is 36.4 Å². The van der Waals surface area contributed by atoms with Crippen LogP contribution in [0.5, 0.6) is 0 Å². The molecule has 1 aliphatic heterocycles. The molecule has 1 fully saturated rings. The van der Waals surface area contributed by atoms with E-state index in [1.165, 1.54) is 5.56 Å². The Hall–Kier alpha value is -2.93. The smallest absolute Gasteiger partial charge is 0.272 e. The Balaban J connectivity index is 1.33. The Morgan fingerprint density at radius 1 is 1.14 bits per heavy atom. The number of carbonyl (C=O) groups is 1. The first-order chi connectivity index (χ1) is 13.8. The van der Waals surface area contributed by atoms with Gasteiger partial charge < -0.3 is 10.2 Å². The maximum absolute atomic E-state index is 12.5. The van der Waals surface area contributed by atoms with Crippen LogP contribution in [0.3, 0.4) is 0 Å². The number of aromatic nitrogens is 3. The number of anilines is 1. The van der Waals surface area contributed by atoms with Crippen LogP contribution in [0.25, 0.3) is 0 Å². The first-order valence-electron chi connectivity index (χ1n) is 9.23. The highest BCUT2D eigenvalue weighted by Crippen LogP contribution is 2.22. The van der Waals surface area contributed by atoms with E-state index >= 15 is 0 Å². The quantitative estimate of drug-likeness (QED) is 0.649. The molecule has 1 atom stereocenters. The van der Waals surface area contributed by atoms with Crippen LogP contribution in [0.15, 0.2) is 72.1 Å². The maximum Gasteiger partial charge on any atom is 0.272 e. The summed E-state index contributed by atoms with van der Waals surface area (Å²) in [4.78, 5) is 27.5. The minimum Gasteiger partial charge on any atom is -0.364 e. The number of hydrogen-bond donors (Lipinski definition) is 1. The van der Waals surface area contributed by atoms with Gasteiger partial charge in [0.15, 0.2) is 0 Å². The minimum atomic E-state index is -0.0249. The number of nitrogens with one attached hydrogen (secondary N) is 1.